The van der Waals surface area contributed by atoms with E-state index in [4.69, 9.17) is 5.26 Å². The fraction of sp³-hybridized carbons (Fsp3) is 0.231. The van der Waals surface area contributed by atoms with Crippen LogP contribution in [0, 0.1) is 11.3 Å². The molecule has 1 aromatic carbocycles. The van der Waals surface area contributed by atoms with Gasteiger partial charge in [0.2, 0.25) is 5.76 Å². The van der Waals surface area contributed by atoms with Gasteiger partial charge >= 0.3 is 0 Å². The highest BCUT2D eigenvalue weighted by molar-refractivity contribution is 5.62. The summed E-state index contributed by atoms with van der Waals surface area (Å²) < 4.78 is 4.59. The Bertz CT molecular complexity index is 502. The molecule has 1 heterocycles. The molecule has 4 nitrogen and oxygen atoms in total. The molecule has 0 radical (unpaired) electrons. The SMILES string of the molecule is CC1Cc2ccccc2N1C=C(C#N)OC=O. The Morgan fingerprint density at radius 1 is 1.59 bits per heavy atom. The average molecular weight is 228 g/mol. The van der Waals surface area contributed by atoms with Gasteiger partial charge in [-0.2, -0.15) is 5.26 Å². The van der Waals surface area contributed by atoms with Gasteiger partial charge in [0.15, 0.2) is 0 Å². The summed E-state index contributed by atoms with van der Waals surface area (Å²) in [5.74, 6) is 0.00329. The van der Waals surface area contributed by atoms with Crippen molar-refractivity contribution < 1.29 is 9.53 Å². The van der Waals surface area contributed by atoms with Gasteiger partial charge in [0.25, 0.3) is 6.47 Å². The highest BCUT2D eigenvalue weighted by Gasteiger charge is 2.24. The molecular weight excluding hydrogens is 216 g/mol. The van der Waals surface area contributed by atoms with Gasteiger partial charge in [0.05, 0.1) is 6.20 Å². The fourth-order valence-corrected chi connectivity index (χ4v) is 2.05. The number of ether oxygens (including phenoxy) is 1. The van der Waals surface area contributed by atoms with Crippen LogP contribution in [0.1, 0.15) is 12.5 Å². The Morgan fingerprint density at radius 3 is 3.06 bits per heavy atom. The van der Waals surface area contributed by atoms with Crippen molar-refractivity contribution in [1.82, 2.24) is 0 Å². The van der Waals surface area contributed by atoms with Gasteiger partial charge in [0, 0.05) is 11.7 Å². The van der Waals surface area contributed by atoms with Crippen LogP contribution in [0.4, 0.5) is 5.69 Å². The first-order valence-corrected chi connectivity index (χ1v) is 5.34. The number of hydrogen-bond acceptors (Lipinski definition) is 4. The third kappa shape index (κ3) is 2.13. The van der Waals surface area contributed by atoms with Crippen LogP contribution in [-0.4, -0.2) is 12.5 Å². The van der Waals surface area contributed by atoms with E-state index in [1.807, 2.05) is 29.2 Å². The molecule has 0 aliphatic carbocycles. The Hall–Kier alpha value is -2.28. The lowest BCUT2D eigenvalue weighted by atomic mass is 10.1. The van der Waals surface area contributed by atoms with Crippen molar-refractivity contribution in [2.45, 2.75) is 19.4 Å². The van der Waals surface area contributed by atoms with Crippen LogP contribution in [0.3, 0.4) is 0 Å². The maximum atomic E-state index is 10.2. The summed E-state index contributed by atoms with van der Waals surface area (Å²) in [6.07, 6.45) is 2.50. The number of benzene rings is 1. The largest absolute Gasteiger partial charge is 0.416 e. The van der Waals surface area contributed by atoms with Gasteiger partial charge in [0.1, 0.15) is 6.07 Å². The Labute approximate surface area is 99.7 Å². The molecule has 0 bridgehead atoms. The van der Waals surface area contributed by atoms with Crippen molar-refractivity contribution in [2.24, 2.45) is 0 Å². The molecule has 1 aliphatic heterocycles. The fourth-order valence-electron chi connectivity index (χ4n) is 2.05. The first kappa shape index (κ1) is 11.2. The monoisotopic (exact) mass is 228 g/mol. The predicted octanol–water partition coefficient (Wildman–Crippen LogP) is 1.98. The third-order valence-corrected chi connectivity index (χ3v) is 2.80. The second kappa shape index (κ2) is 4.71. The quantitative estimate of drug-likeness (QED) is 0.451. The summed E-state index contributed by atoms with van der Waals surface area (Å²) in [7, 11) is 0. The summed E-state index contributed by atoms with van der Waals surface area (Å²) in [6, 6.07) is 10.1. The minimum atomic E-state index is 0.00329. The molecule has 1 unspecified atom stereocenters. The number of carbonyl (C=O) groups is 1. The first-order chi connectivity index (χ1) is 8.26. The van der Waals surface area contributed by atoms with Gasteiger partial charge in [-0.3, -0.25) is 4.79 Å². The van der Waals surface area contributed by atoms with Crippen LogP contribution in [0.25, 0.3) is 0 Å². The molecule has 1 aromatic rings. The lowest BCUT2D eigenvalue weighted by Crippen LogP contribution is -2.23. The minimum Gasteiger partial charge on any atom is -0.416 e. The number of hydrogen-bond donors (Lipinski definition) is 0. The number of nitrogens with zero attached hydrogens (tertiary/aromatic N) is 2. The zero-order valence-corrected chi connectivity index (χ0v) is 9.46. The van der Waals surface area contributed by atoms with E-state index in [1.54, 1.807) is 6.20 Å². The second-order valence-corrected chi connectivity index (χ2v) is 3.91. The van der Waals surface area contributed by atoms with Crippen molar-refractivity contribution >= 4 is 12.2 Å². The zero-order chi connectivity index (χ0) is 12.3. The van der Waals surface area contributed by atoms with Gasteiger partial charge in [-0.25, -0.2) is 0 Å². The van der Waals surface area contributed by atoms with Crippen LogP contribution in [0.15, 0.2) is 36.2 Å². The Balaban J connectivity index is 2.34. The van der Waals surface area contributed by atoms with Crippen molar-refractivity contribution in [3.63, 3.8) is 0 Å². The van der Waals surface area contributed by atoms with Crippen molar-refractivity contribution in [3.05, 3.63) is 41.8 Å². The summed E-state index contributed by atoms with van der Waals surface area (Å²) in [5.41, 5.74) is 2.29. The summed E-state index contributed by atoms with van der Waals surface area (Å²) >= 11 is 0. The topological polar surface area (TPSA) is 53.3 Å². The van der Waals surface area contributed by atoms with E-state index in [1.165, 1.54) is 5.56 Å². The number of carbonyl (C=O) groups excluding carboxylic acids is 1. The molecule has 0 amide bonds. The summed E-state index contributed by atoms with van der Waals surface area (Å²) in [4.78, 5) is 12.2. The van der Waals surface area contributed by atoms with E-state index in [9.17, 15) is 4.79 Å². The highest BCUT2D eigenvalue weighted by atomic mass is 16.5. The minimum absolute atomic E-state index is 0.00329. The van der Waals surface area contributed by atoms with Crippen LogP contribution in [0.5, 0.6) is 0 Å². The van der Waals surface area contributed by atoms with E-state index >= 15 is 0 Å². The van der Waals surface area contributed by atoms with E-state index in [2.05, 4.69) is 17.7 Å². The predicted molar refractivity (Wildman–Crippen MR) is 62.9 cm³/mol. The number of allylic oxidation sites excluding steroid dienone is 1. The maximum Gasteiger partial charge on any atom is 0.299 e. The van der Waals surface area contributed by atoms with E-state index in [-0.39, 0.29) is 18.3 Å². The molecule has 1 atom stereocenters. The molecule has 17 heavy (non-hydrogen) atoms. The lowest BCUT2D eigenvalue weighted by molar-refractivity contribution is -0.124. The molecular formula is C13H12N2O2. The van der Waals surface area contributed by atoms with E-state index in [0.717, 1.165) is 12.1 Å². The standard InChI is InChI=1S/C13H12N2O2/c1-10-6-11-4-2-3-5-13(11)15(10)8-12(7-14)17-9-16/h2-5,8-10H,6H2,1H3. The molecule has 2 rings (SSSR count). The van der Waals surface area contributed by atoms with Crippen molar-refractivity contribution in [1.29, 1.82) is 5.26 Å². The van der Waals surface area contributed by atoms with Gasteiger partial charge in [-0.15, -0.1) is 0 Å². The maximum absolute atomic E-state index is 10.2. The third-order valence-electron chi connectivity index (χ3n) is 2.80. The molecule has 0 saturated heterocycles. The van der Waals surface area contributed by atoms with Crippen LogP contribution < -0.4 is 4.90 Å². The highest BCUT2D eigenvalue weighted by Crippen LogP contribution is 2.32. The summed E-state index contributed by atoms with van der Waals surface area (Å²) in [6.45, 7) is 2.33. The molecule has 0 fully saturated rings. The molecule has 0 saturated carbocycles. The van der Waals surface area contributed by atoms with Crippen molar-refractivity contribution in [2.75, 3.05) is 4.90 Å². The zero-order valence-electron chi connectivity index (χ0n) is 9.46. The number of anilines is 1. The van der Waals surface area contributed by atoms with Crippen LogP contribution in [0.2, 0.25) is 0 Å². The Morgan fingerprint density at radius 2 is 2.35 bits per heavy atom. The van der Waals surface area contributed by atoms with Crippen LogP contribution in [-0.2, 0) is 16.0 Å². The Kier molecular flexibility index (Phi) is 3.10. The molecule has 0 N–H and O–H groups in total. The first-order valence-electron chi connectivity index (χ1n) is 5.34. The van der Waals surface area contributed by atoms with Gasteiger partial charge < -0.3 is 9.64 Å². The van der Waals surface area contributed by atoms with Crippen LogP contribution >= 0.6 is 0 Å². The smallest absolute Gasteiger partial charge is 0.299 e. The number of rotatable bonds is 3. The van der Waals surface area contributed by atoms with Crippen molar-refractivity contribution in [3.8, 4) is 6.07 Å². The normalized spacial score (nSPS) is 18.5. The molecule has 0 aromatic heterocycles. The molecule has 1 aliphatic rings. The van der Waals surface area contributed by atoms with Gasteiger partial charge in [-0.1, -0.05) is 18.2 Å². The molecule has 0 spiro atoms. The molecule has 86 valence electrons. The number of fused-ring (bicyclic) bond motifs is 1. The number of para-hydroxylation sites is 1. The molecule has 4 heteroatoms. The lowest BCUT2D eigenvalue weighted by Gasteiger charge is -2.20. The average Bonchev–Trinajstić information content (AvgIpc) is 2.65. The number of nitriles is 1. The van der Waals surface area contributed by atoms with E-state index < -0.39 is 0 Å². The summed E-state index contributed by atoms with van der Waals surface area (Å²) in [5, 5.41) is 8.82. The van der Waals surface area contributed by atoms with Gasteiger partial charge in [-0.05, 0) is 25.0 Å². The van der Waals surface area contributed by atoms with E-state index in [0.29, 0.717) is 0 Å². The second-order valence-electron chi connectivity index (χ2n) is 3.91.